The number of rotatable bonds is 2. The van der Waals surface area contributed by atoms with Crippen molar-refractivity contribution in [2.75, 3.05) is 7.11 Å². The summed E-state index contributed by atoms with van der Waals surface area (Å²) >= 11 is 5.80. The minimum absolute atomic E-state index is 0.0787. The van der Waals surface area contributed by atoms with Crippen molar-refractivity contribution in [1.29, 1.82) is 0 Å². The number of nitrogens with zero attached hydrogens (tertiary/aromatic N) is 1. The van der Waals surface area contributed by atoms with E-state index in [0.717, 1.165) is 22.6 Å². The van der Waals surface area contributed by atoms with Gasteiger partial charge in [-0.15, -0.1) is 0 Å². The van der Waals surface area contributed by atoms with E-state index in [2.05, 4.69) is 33.8 Å². The molecule has 0 radical (unpaired) electrons. The standard InChI is InChI=1S/C19H12ClFN2.C7H14.C3H6O2/c20-15-10-17-18(11-16(15)21)23-19(22-17)14-8-6-13(7-9-14)12-4-2-1-3-5-12;1-7-5-3-2-4-6-7;1-3(4)5-2/h1-11H,(H,22,23);7H,2-6H2,1H3;1-2H3. The van der Waals surface area contributed by atoms with E-state index in [1.54, 1.807) is 0 Å². The summed E-state index contributed by atoms with van der Waals surface area (Å²) in [4.78, 5) is 17.2. The largest absolute Gasteiger partial charge is 0.469 e. The van der Waals surface area contributed by atoms with E-state index in [-0.39, 0.29) is 11.0 Å². The van der Waals surface area contributed by atoms with Crippen molar-refractivity contribution in [3.05, 3.63) is 77.6 Å². The number of ether oxygens (including phenoxy) is 1. The molecule has 5 rings (SSSR count). The van der Waals surface area contributed by atoms with Gasteiger partial charge >= 0.3 is 5.97 Å². The number of benzene rings is 3. The fourth-order valence-corrected chi connectivity index (χ4v) is 4.06. The molecule has 184 valence electrons. The van der Waals surface area contributed by atoms with Gasteiger partial charge in [0.2, 0.25) is 0 Å². The Morgan fingerprint density at radius 3 is 2.09 bits per heavy atom. The Bertz CT molecular complexity index is 1180. The highest BCUT2D eigenvalue weighted by atomic mass is 35.5. The summed E-state index contributed by atoms with van der Waals surface area (Å²) in [6, 6.07) is 21.2. The molecule has 1 aliphatic rings. The van der Waals surface area contributed by atoms with Gasteiger partial charge in [-0.1, -0.05) is 105 Å². The van der Waals surface area contributed by atoms with E-state index in [1.165, 1.54) is 58.3 Å². The van der Waals surface area contributed by atoms with Gasteiger partial charge in [-0.2, -0.15) is 0 Å². The normalized spacial score (nSPS) is 13.3. The van der Waals surface area contributed by atoms with Crippen LogP contribution in [0.4, 0.5) is 4.39 Å². The molecule has 35 heavy (non-hydrogen) atoms. The molecule has 1 fully saturated rings. The first-order valence-corrected chi connectivity index (χ1v) is 12.3. The van der Waals surface area contributed by atoms with Crippen LogP contribution in [0.2, 0.25) is 5.02 Å². The molecule has 1 aromatic heterocycles. The third-order valence-corrected chi connectivity index (χ3v) is 6.26. The minimum atomic E-state index is -0.450. The van der Waals surface area contributed by atoms with Crippen molar-refractivity contribution in [3.63, 3.8) is 0 Å². The number of imidazole rings is 1. The van der Waals surface area contributed by atoms with Gasteiger partial charge in [0.15, 0.2) is 0 Å². The summed E-state index contributed by atoms with van der Waals surface area (Å²) in [5, 5.41) is 0.0787. The number of carbonyl (C=O) groups is 1. The van der Waals surface area contributed by atoms with Crippen molar-refractivity contribution in [3.8, 4) is 22.5 Å². The molecule has 0 aliphatic heterocycles. The van der Waals surface area contributed by atoms with Crippen LogP contribution in [0.5, 0.6) is 0 Å². The van der Waals surface area contributed by atoms with Gasteiger partial charge in [-0.05, 0) is 23.1 Å². The van der Waals surface area contributed by atoms with E-state index in [4.69, 9.17) is 11.6 Å². The Morgan fingerprint density at radius 1 is 0.971 bits per heavy atom. The van der Waals surface area contributed by atoms with Crippen LogP contribution in [0.25, 0.3) is 33.5 Å². The maximum absolute atomic E-state index is 13.5. The summed E-state index contributed by atoms with van der Waals surface area (Å²) in [6.45, 7) is 3.72. The lowest BCUT2D eigenvalue weighted by Crippen LogP contribution is -1.99. The van der Waals surface area contributed by atoms with E-state index in [0.29, 0.717) is 16.9 Å². The molecule has 1 aliphatic carbocycles. The molecule has 4 nitrogen and oxygen atoms in total. The van der Waals surface area contributed by atoms with Crippen molar-refractivity contribution in [2.45, 2.75) is 46.0 Å². The number of halogens is 2. The zero-order valence-electron chi connectivity index (χ0n) is 20.5. The molecule has 0 bridgehead atoms. The number of esters is 1. The average Bonchev–Trinajstić information content (AvgIpc) is 3.29. The van der Waals surface area contributed by atoms with Crippen LogP contribution >= 0.6 is 11.6 Å². The molecule has 0 amide bonds. The number of carbonyl (C=O) groups excluding carboxylic acids is 1. The number of aromatic nitrogens is 2. The van der Waals surface area contributed by atoms with Crippen LogP contribution in [0.3, 0.4) is 0 Å². The molecule has 3 aromatic carbocycles. The highest BCUT2D eigenvalue weighted by Crippen LogP contribution is 2.27. The maximum atomic E-state index is 13.5. The number of fused-ring (bicyclic) bond motifs is 1. The van der Waals surface area contributed by atoms with Gasteiger partial charge in [0.05, 0.1) is 23.2 Å². The summed E-state index contributed by atoms with van der Waals surface area (Å²) < 4.78 is 17.6. The topological polar surface area (TPSA) is 55.0 Å². The van der Waals surface area contributed by atoms with Crippen LogP contribution in [0.1, 0.15) is 46.0 Å². The van der Waals surface area contributed by atoms with E-state index >= 15 is 0 Å². The van der Waals surface area contributed by atoms with Gasteiger partial charge in [0.1, 0.15) is 11.6 Å². The van der Waals surface area contributed by atoms with Crippen LogP contribution in [-0.2, 0) is 9.53 Å². The first kappa shape index (κ1) is 26.4. The van der Waals surface area contributed by atoms with Crippen molar-refractivity contribution in [1.82, 2.24) is 9.97 Å². The van der Waals surface area contributed by atoms with E-state index in [1.807, 2.05) is 42.5 Å². The number of hydrogen-bond acceptors (Lipinski definition) is 3. The zero-order chi connectivity index (χ0) is 25.2. The Kier molecular flexibility index (Phi) is 9.86. The van der Waals surface area contributed by atoms with E-state index in [9.17, 15) is 9.18 Å². The molecule has 1 heterocycles. The van der Waals surface area contributed by atoms with Crippen molar-refractivity contribution < 1.29 is 13.9 Å². The molecule has 0 spiro atoms. The number of aromatic amines is 1. The Labute approximate surface area is 211 Å². The second kappa shape index (κ2) is 13.1. The fourth-order valence-electron chi connectivity index (χ4n) is 3.90. The molecule has 4 aromatic rings. The predicted octanol–water partition coefficient (Wildman–Crippen LogP) is 8.46. The molecule has 6 heteroatoms. The summed E-state index contributed by atoms with van der Waals surface area (Å²) in [7, 11) is 1.35. The third kappa shape index (κ3) is 7.93. The molecule has 0 unspecified atom stereocenters. The van der Waals surface area contributed by atoms with Crippen LogP contribution < -0.4 is 0 Å². The Balaban J connectivity index is 0.000000236. The molecule has 0 atom stereocenters. The highest BCUT2D eigenvalue weighted by Gasteiger charge is 2.09. The van der Waals surface area contributed by atoms with Gasteiger partial charge < -0.3 is 9.72 Å². The lowest BCUT2D eigenvalue weighted by molar-refractivity contribution is -0.137. The second-order valence-electron chi connectivity index (χ2n) is 8.75. The minimum Gasteiger partial charge on any atom is -0.469 e. The number of methoxy groups -OCH3 is 1. The van der Waals surface area contributed by atoms with Crippen molar-refractivity contribution in [2.24, 2.45) is 5.92 Å². The number of nitrogens with one attached hydrogen (secondary N) is 1. The maximum Gasteiger partial charge on any atom is 0.302 e. The van der Waals surface area contributed by atoms with Gasteiger partial charge in [0.25, 0.3) is 0 Å². The zero-order valence-corrected chi connectivity index (χ0v) is 21.2. The van der Waals surface area contributed by atoms with Crippen molar-refractivity contribution >= 4 is 28.6 Å². The van der Waals surface area contributed by atoms with Gasteiger partial charge in [-0.3, -0.25) is 4.79 Å². The summed E-state index contributed by atoms with van der Waals surface area (Å²) in [6.07, 6.45) is 7.44. The third-order valence-electron chi connectivity index (χ3n) is 5.97. The average molecular weight is 495 g/mol. The number of hydrogen-bond donors (Lipinski definition) is 1. The summed E-state index contributed by atoms with van der Waals surface area (Å²) in [5.41, 5.74) is 4.53. The first-order chi connectivity index (χ1) is 16.9. The monoisotopic (exact) mass is 494 g/mol. The second-order valence-corrected chi connectivity index (χ2v) is 9.16. The highest BCUT2D eigenvalue weighted by molar-refractivity contribution is 6.31. The Morgan fingerprint density at radius 2 is 1.54 bits per heavy atom. The molecule has 0 saturated heterocycles. The first-order valence-electron chi connectivity index (χ1n) is 11.9. The van der Waals surface area contributed by atoms with Gasteiger partial charge in [-0.25, -0.2) is 9.37 Å². The lowest BCUT2D eigenvalue weighted by Gasteiger charge is -2.15. The fraction of sp³-hybridized carbons (Fsp3) is 0.310. The van der Waals surface area contributed by atoms with Crippen LogP contribution in [-0.4, -0.2) is 23.0 Å². The predicted molar refractivity (Wildman–Crippen MR) is 142 cm³/mol. The molecule has 1 saturated carbocycles. The molecular formula is C29H32ClFN2O2. The number of H-pyrrole nitrogens is 1. The molecular weight excluding hydrogens is 463 g/mol. The quantitative estimate of drug-likeness (QED) is 0.284. The SMILES string of the molecule is CC1CCCCC1.COC(C)=O.Fc1cc2[nH]c(-c3ccc(-c4ccccc4)cc3)nc2cc1Cl. The van der Waals surface area contributed by atoms with Crippen LogP contribution in [0, 0.1) is 11.7 Å². The summed E-state index contributed by atoms with van der Waals surface area (Å²) in [5.74, 6) is 1.04. The van der Waals surface area contributed by atoms with Gasteiger partial charge in [0, 0.05) is 18.6 Å². The van der Waals surface area contributed by atoms with Crippen LogP contribution in [0.15, 0.2) is 66.7 Å². The smallest absolute Gasteiger partial charge is 0.302 e. The lowest BCUT2D eigenvalue weighted by atomic mass is 9.91. The Hall–Kier alpha value is -3.18. The van der Waals surface area contributed by atoms with E-state index < -0.39 is 5.82 Å². The molecule has 1 N–H and O–H groups in total.